The molecule has 0 N–H and O–H groups in total. The zero-order valence-corrected chi connectivity index (χ0v) is 15.0. The van der Waals surface area contributed by atoms with Crippen LogP contribution in [0.1, 0.15) is 4.88 Å². The average Bonchev–Trinajstić information content (AvgIpc) is 2.84. The van der Waals surface area contributed by atoms with Gasteiger partial charge in [-0.25, -0.2) is 8.42 Å². The molecule has 0 unspecified atom stereocenters. The molecule has 0 aliphatic heterocycles. The van der Waals surface area contributed by atoms with Crippen molar-refractivity contribution in [1.82, 2.24) is 4.31 Å². The molecule has 0 saturated heterocycles. The molecule has 112 valence electrons. The zero-order valence-electron chi connectivity index (χ0n) is 11.0. The molecule has 0 aliphatic carbocycles. The summed E-state index contributed by atoms with van der Waals surface area (Å²) in [5.74, 6) is 0. The fourth-order valence-electron chi connectivity index (χ4n) is 1.80. The van der Waals surface area contributed by atoms with Gasteiger partial charge >= 0.3 is 0 Å². The second-order valence-corrected chi connectivity index (χ2v) is 8.78. The van der Waals surface area contributed by atoms with E-state index in [1.807, 2.05) is 6.07 Å². The summed E-state index contributed by atoms with van der Waals surface area (Å²) in [7, 11) is -3.60. The van der Waals surface area contributed by atoms with Gasteiger partial charge in [0.05, 0.1) is 9.23 Å². The Bertz CT molecular complexity index is 743. The topological polar surface area (TPSA) is 37.4 Å². The second-order valence-electron chi connectivity index (χ2n) is 4.22. The van der Waals surface area contributed by atoms with Crippen molar-refractivity contribution in [2.45, 2.75) is 11.4 Å². The SMILES string of the molecule is C=CCN(Cc1ccc(Cl)s1)S(=O)(=O)c1ccccc1Br. The molecular weight excluding hydrogens is 394 g/mol. The lowest BCUT2D eigenvalue weighted by Gasteiger charge is -2.20. The Hall–Kier alpha value is -0.660. The van der Waals surface area contributed by atoms with Gasteiger partial charge in [-0.1, -0.05) is 29.8 Å². The van der Waals surface area contributed by atoms with Crippen LogP contribution in [-0.2, 0) is 16.6 Å². The highest BCUT2D eigenvalue weighted by atomic mass is 79.9. The maximum absolute atomic E-state index is 12.8. The summed E-state index contributed by atoms with van der Waals surface area (Å²) in [5, 5.41) is 0. The molecule has 7 heteroatoms. The maximum atomic E-state index is 12.8. The average molecular weight is 407 g/mol. The molecule has 0 aliphatic rings. The molecule has 0 radical (unpaired) electrons. The summed E-state index contributed by atoms with van der Waals surface area (Å²) >= 11 is 10.6. The molecule has 2 aromatic rings. The largest absolute Gasteiger partial charge is 0.244 e. The van der Waals surface area contributed by atoms with Gasteiger partial charge in [0, 0.05) is 22.4 Å². The number of hydrogen-bond donors (Lipinski definition) is 0. The predicted octanol–water partition coefficient (Wildman–Crippen LogP) is 4.54. The van der Waals surface area contributed by atoms with Crippen molar-refractivity contribution in [3.8, 4) is 0 Å². The standard InChI is InChI=1S/C14H13BrClNO2S2/c1-2-9-17(10-11-7-8-14(16)20-11)21(18,19)13-6-4-3-5-12(13)15/h2-8H,1,9-10H2. The number of hydrogen-bond acceptors (Lipinski definition) is 3. The van der Waals surface area contributed by atoms with Crippen molar-refractivity contribution in [3.63, 3.8) is 0 Å². The highest BCUT2D eigenvalue weighted by Crippen LogP contribution is 2.28. The number of rotatable bonds is 6. The second kappa shape index (κ2) is 7.07. The quantitative estimate of drug-likeness (QED) is 0.660. The lowest BCUT2D eigenvalue weighted by Crippen LogP contribution is -2.30. The van der Waals surface area contributed by atoms with Crippen molar-refractivity contribution in [2.24, 2.45) is 0 Å². The van der Waals surface area contributed by atoms with Crippen LogP contribution in [0.4, 0.5) is 0 Å². The van der Waals surface area contributed by atoms with E-state index in [4.69, 9.17) is 11.6 Å². The Morgan fingerprint density at radius 1 is 1.29 bits per heavy atom. The first-order chi connectivity index (χ1) is 9.95. The van der Waals surface area contributed by atoms with Crippen LogP contribution >= 0.6 is 38.9 Å². The first kappa shape index (κ1) is 16.7. The third kappa shape index (κ3) is 3.96. The summed E-state index contributed by atoms with van der Waals surface area (Å²) in [6.07, 6.45) is 1.57. The maximum Gasteiger partial charge on any atom is 0.244 e. The predicted molar refractivity (Wildman–Crippen MR) is 91.3 cm³/mol. The molecule has 2 rings (SSSR count). The van der Waals surface area contributed by atoms with Gasteiger partial charge in [0.15, 0.2) is 0 Å². The minimum atomic E-state index is -3.60. The van der Waals surface area contributed by atoms with E-state index in [-0.39, 0.29) is 18.0 Å². The van der Waals surface area contributed by atoms with E-state index in [2.05, 4.69) is 22.5 Å². The Kier molecular flexibility index (Phi) is 5.62. The lowest BCUT2D eigenvalue weighted by molar-refractivity contribution is 0.441. The molecule has 0 saturated carbocycles. The zero-order chi connectivity index (χ0) is 15.5. The highest BCUT2D eigenvalue weighted by molar-refractivity contribution is 9.10. The van der Waals surface area contributed by atoms with E-state index in [1.54, 1.807) is 36.4 Å². The molecule has 21 heavy (non-hydrogen) atoms. The molecule has 0 fully saturated rings. The van der Waals surface area contributed by atoms with Gasteiger partial charge in [-0.05, 0) is 40.2 Å². The third-order valence-electron chi connectivity index (χ3n) is 2.75. The van der Waals surface area contributed by atoms with Crippen molar-refractivity contribution in [3.05, 3.63) is 62.7 Å². The van der Waals surface area contributed by atoms with E-state index in [0.717, 1.165) is 4.88 Å². The first-order valence-electron chi connectivity index (χ1n) is 6.05. The normalized spacial score (nSPS) is 11.8. The molecule has 0 bridgehead atoms. The van der Waals surface area contributed by atoms with E-state index < -0.39 is 10.0 Å². The monoisotopic (exact) mass is 405 g/mol. The number of thiophene rings is 1. The molecule has 1 aromatic heterocycles. The van der Waals surface area contributed by atoms with Crippen molar-refractivity contribution >= 4 is 48.9 Å². The molecular formula is C14H13BrClNO2S2. The summed E-state index contributed by atoms with van der Waals surface area (Å²) in [6, 6.07) is 10.4. The summed E-state index contributed by atoms with van der Waals surface area (Å²) in [4.78, 5) is 1.13. The smallest absolute Gasteiger partial charge is 0.207 e. The fourth-order valence-corrected chi connectivity index (χ4v) is 5.33. The van der Waals surface area contributed by atoms with Crippen LogP contribution in [-0.4, -0.2) is 19.3 Å². The van der Waals surface area contributed by atoms with Gasteiger partial charge in [0.25, 0.3) is 0 Å². The molecule has 1 heterocycles. The number of benzene rings is 1. The minimum absolute atomic E-state index is 0.235. The first-order valence-corrected chi connectivity index (χ1v) is 9.47. The van der Waals surface area contributed by atoms with Gasteiger partial charge in [0.2, 0.25) is 10.0 Å². The number of sulfonamides is 1. The van der Waals surface area contributed by atoms with Crippen molar-refractivity contribution in [1.29, 1.82) is 0 Å². The molecule has 0 amide bonds. The van der Waals surface area contributed by atoms with Gasteiger partial charge < -0.3 is 0 Å². The Labute approximate surface area is 142 Å². The van der Waals surface area contributed by atoms with Gasteiger partial charge in [-0.2, -0.15) is 4.31 Å². The van der Waals surface area contributed by atoms with E-state index in [0.29, 0.717) is 8.81 Å². The van der Waals surface area contributed by atoms with Crippen LogP contribution in [0.5, 0.6) is 0 Å². The lowest BCUT2D eigenvalue weighted by atomic mass is 10.4. The Balaban J connectivity index is 2.37. The van der Waals surface area contributed by atoms with Crippen LogP contribution in [0.3, 0.4) is 0 Å². The van der Waals surface area contributed by atoms with Crippen LogP contribution in [0.25, 0.3) is 0 Å². The van der Waals surface area contributed by atoms with E-state index in [9.17, 15) is 8.42 Å². The minimum Gasteiger partial charge on any atom is -0.207 e. The van der Waals surface area contributed by atoms with E-state index in [1.165, 1.54) is 15.6 Å². The Morgan fingerprint density at radius 3 is 2.57 bits per heavy atom. The molecule has 3 nitrogen and oxygen atoms in total. The molecule has 0 atom stereocenters. The Morgan fingerprint density at radius 2 is 2.00 bits per heavy atom. The summed E-state index contributed by atoms with van der Waals surface area (Å²) in [5.41, 5.74) is 0. The highest BCUT2D eigenvalue weighted by Gasteiger charge is 2.26. The summed E-state index contributed by atoms with van der Waals surface area (Å²) in [6.45, 7) is 4.14. The van der Waals surface area contributed by atoms with Gasteiger partial charge in [0.1, 0.15) is 0 Å². The van der Waals surface area contributed by atoms with Crippen LogP contribution in [0.2, 0.25) is 4.34 Å². The summed E-state index contributed by atoms with van der Waals surface area (Å²) < 4.78 is 28.1. The van der Waals surface area contributed by atoms with Crippen molar-refractivity contribution < 1.29 is 8.42 Å². The van der Waals surface area contributed by atoms with Crippen LogP contribution < -0.4 is 0 Å². The third-order valence-corrected chi connectivity index (χ3v) is 6.79. The van der Waals surface area contributed by atoms with Gasteiger partial charge in [-0.3, -0.25) is 0 Å². The number of nitrogens with zero attached hydrogens (tertiary/aromatic N) is 1. The van der Waals surface area contributed by atoms with Gasteiger partial charge in [-0.15, -0.1) is 17.9 Å². The molecule has 1 aromatic carbocycles. The van der Waals surface area contributed by atoms with Crippen molar-refractivity contribution in [2.75, 3.05) is 6.54 Å². The fraction of sp³-hybridized carbons (Fsp3) is 0.143. The van der Waals surface area contributed by atoms with Crippen LogP contribution in [0, 0.1) is 0 Å². The number of halogens is 2. The molecule has 0 spiro atoms. The van der Waals surface area contributed by atoms with E-state index >= 15 is 0 Å². The van der Waals surface area contributed by atoms with Crippen LogP contribution in [0.15, 0.2) is 58.4 Å².